The lowest BCUT2D eigenvalue weighted by Gasteiger charge is -2.64. The summed E-state index contributed by atoms with van der Waals surface area (Å²) in [6, 6.07) is 27.1. The second-order valence-electron chi connectivity index (χ2n) is 35.7. The summed E-state index contributed by atoms with van der Waals surface area (Å²) in [5.74, 6) is -4.90. The normalized spacial score (nSPS) is 23.0. The highest BCUT2D eigenvalue weighted by Gasteiger charge is 2.68. The van der Waals surface area contributed by atoms with E-state index >= 15 is 0 Å². The lowest BCUT2D eigenvalue weighted by molar-refractivity contribution is -0.199. The van der Waals surface area contributed by atoms with Gasteiger partial charge >= 0.3 is 13.1 Å². The van der Waals surface area contributed by atoms with Crippen LogP contribution < -0.4 is 37.6 Å². The maximum atomic E-state index is 13.8. The number of hydrogen-bond donors (Lipinski definition) is 9. The summed E-state index contributed by atoms with van der Waals surface area (Å²) >= 11 is 0. The lowest BCUT2D eigenvalue weighted by atomic mass is 9.43. The van der Waals surface area contributed by atoms with E-state index in [0.717, 1.165) is 80.0 Å². The molecule has 3 saturated heterocycles. The average Bonchev–Trinajstić information content (AvgIpc) is 1.60. The van der Waals surface area contributed by atoms with Crippen molar-refractivity contribution in [3.63, 3.8) is 0 Å². The molecular weight excluding hydrogens is 1450 g/mol. The topological polar surface area (TPSA) is 337 Å². The van der Waals surface area contributed by atoms with Crippen LogP contribution >= 0.6 is 0 Å². The van der Waals surface area contributed by atoms with Gasteiger partial charge in [-0.3, -0.25) is 43.2 Å². The standard InChI is InChI=1S/C50H73BN4O8.C42H61N3O7/c1-8-9-12-33-14-16-35(17-15-33)36-18-20-37(21-19-36)41(57)26-34-25-40(53-29-34)48(61)55-46(32(4)56)43(59)23-30(2)47(60)54-39(13-10-11-22-52)42(58)24-31(3)51-62-45-28-38-27-44(49(38,5)6)50(45,7)63-51;1-8-10-12-14-34(41(50)51)44-39(48)27(3)23-37(47)38(28(4)52-42(5,6)7)45-40(49)35-24-30(26-43-35)25-36(46)33-21-19-32(20-22-33)31-17-15-29(16-18-31)13-11-9-2/h14-21,30-32,34,38-40,44-46,53,56H,8-13,22-29,52H2,1-7H3,(H,54,60)(H,55,61);15-22,27-28,30,34-35,38,43H,8-14,23-26H2,1-7H3,(H,44,48)(H,45,49)(H,50,51)/t30-,31-,32-,34+,38+,39+,40+,44+,45?,46+,50+;27-,28-,30+,34+,35+,38+/m11/s1. The molecular formula is C92H134BN7O15. The Morgan fingerprint density at radius 2 is 0.991 bits per heavy atom. The molecule has 22 nitrogen and oxygen atoms in total. The Balaban J connectivity index is 0.000000293. The Bertz CT molecular complexity index is 3900. The van der Waals surface area contributed by atoms with Gasteiger partial charge in [-0.2, -0.15) is 0 Å². The molecule has 10 rings (SSSR count). The summed E-state index contributed by atoms with van der Waals surface area (Å²) in [5, 5.41) is 37.7. The van der Waals surface area contributed by atoms with Crippen molar-refractivity contribution >= 4 is 65.6 Å². The van der Waals surface area contributed by atoms with Gasteiger partial charge in [-0.1, -0.05) is 185 Å². The van der Waals surface area contributed by atoms with E-state index < -0.39 is 102 Å². The zero-order chi connectivity index (χ0) is 84.1. The monoisotopic (exact) mass is 1590 g/mol. The number of ketones is 5. The van der Waals surface area contributed by atoms with Crippen LogP contribution in [0.15, 0.2) is 97.1 Å². The number of ether oxygens (including phenoxy) is 1. The van der Waals surface area contributed by atoms with Crippen molar-refractivity contribution in [1.29, 1.82) is 0 Å². The zero-order valence-electron chi connectivity index (χ0n) is 71.0. The molecule has 3 aliphatic carbocycles. The number of unbranched alkanes of at least 4 members (excludes halogenated alkanes) is 5. The van der Waals surface area contributed by atoms with Gasteiger partial charge in [-0.25, -0.2) is 4.79 Å². The number of nitrogens with two attached hydrogens (primary N) is 1. The van der Waals surface area contributed by atoms with Crippen molar-refractivity contribution in [3.05, 3.63) is 119 Å². The molecule has 630 valence electrons. The second-order valence-corrected chi connectivity index (χ2v) is 35.7. The van der Waals surface area contributed by atoms with Gasteiger partial charge in [0.1, 0.15) is 18.1 Å². The van der Waals surface area contributed by atoms with Gasteiger partial charge in [0.05, 0.1) is 47.6 Å². The number of carbonyl (C=O) groups excluding carboxylic acids is 9. The predicted molar refractivity (Wildman–Crippen MR) is 450 cm³/mol. The molecule has 1 unspecified atom stereocenters. The van der Waals surface area contributed by atoms with Crippen LogP contribution in [0.3, 0.4) is 0 Å². The smallest absolute Gasteiger partial charge is 0.461 e. The maximum absolute atomic E-state index is 13.8. The van der Waals surface area contributed by atoms with Crippen LogP contribution in [0.25, 0.3) is 22.3 Å². The van der Waals surface area contributed by atoms with Gasteiger partial charge in [-0.15, -0.1) is 0 Å². The fourth-order valence-corrected chi connectivity index (χ4v) is 17.4. The van der Waals surface area contributed by atoms with Crippen molar-refractivity contribution in [2.24, 2.45) is 46.7 Å². The van der Waals surface area contributed by atoms with Crippen molar-refractivity contribution in [1.82, 2.24) is 31.9 Å². The number of aliphatic hydroxyl groups is 1. The second kappa shape index (κ2) is 43.2. The first-order valence-corrected chi connectivity index (χ1v) is 42.9. The molecule has 3 aliphatic heterocycles. The fraction of sp³-hybridized carbons (Fsp3) is 0.630. The Labute approximate surface area is 683 Å². The van der Waals surface area contributed by atoms with Crippen molar-refractivity contribution in [2.75, 3.05) is 19.6 Å². The summed E-state index contributed by atoms with van der Waals surface area (Å²) in [6.07, 6.45) is 12.6. The zero-order valence-corrected chi connectivity index (χ0v) is 71.0. The number of Topliss-reactive ketones (excluding diaryl/α,β-unsaturated/α-hetero) is 5. The molecule has 115 heavy (non-hydrogen) atoms. The number of carboxylic acids is 1. The summed E-state index contributed by atoms with van der Waals surface area (Å²) in [6.45, 7) is 28.4. The molecule has 3 heterocycles. The minimum Gasteiger partial charge on any atom is -0.480 e. The lowest BCUT2D eigenvalue weighted by Crippen LogP contribution is -2.65. The molecule has 4 amide bonds. The number of aliphatic carboxylic acids is 1. The SMILES string of the molecule is CCCCC[C@H](NC(=O)[C@H](C)CC(=O)[C@@H](NC(=O)[C@@H]1C[C@@H](CC(=O)c2ccc(-c3ccc(CCCC)cc3)cc2)CN1)[C@@H](C)OC(C)(C)C)C(=O)O.CCCCc1ccc(-c2ccc(C(=O)C[C@H]3CN[C@H](C(=O)N[C@H](C(=O)C[C@@H](C)C(=O)N[C@@H](CCCCN)C(=O)C[C@@H](C)B4OC5C[C@@H]6C[C@@H](C6(C)C)[C@]5(C)O4)[C@@H](C)O)C3)cc2)cc1. The quantitative estimate of drug-likeness (QED) is 0.0113. The number of hydrogen-bond acceptors (Lipinski definition) is 17. The number of nitrogens with one attached hydrogen (secondary N) is 6. The number of benzene rings is 4. The largest absolute Gasteiger partial charge is 0.480 e. The molecule has 0 radical (unpaired) electrons. The predicted octanol–water partition coefficient (Wildman–Crippen LogP) is 13.1. The molecule has 3 saturated carbocycles. The minimum atomic E-state index is -1.24. The third kappa shape index (κ3) is 26.2. The summed E-state index contributed by atoms with van der Waals surface area (Å²) < 4.78 is 19.1. The van der Waals surface area contributed by atoms with Crippen molar-refractivity contribution < 1.29 is 72.2 Å². The van der Waals surface area contributed by atoms with E-state index in [-0.39, 0.29) is 95.9 Å². The van der Waals surface area contributed by atoms with Crippen LogP contribution in [-0.4, -0.2) is 161 Å². The summed E-state index contributed by atoms with van der Waals surface area (Å²) in [5.41, 5.74) is 13.2. The van der Waals surface area contributed by atoms with E-state index in [2.05, 4.69) is 115 Å². The minimum absolute atomic E-state index is 0.00415. The first-order chi connectivity index (χ1) is 54.6. The number of amides is 4. The fourth-order valence-electron chi connectivity index (χ4n) is 17.4. The molecule has 0 spiro atoms. The van der Waals surface area contributed by atoms with E-state index in [9.17, 15) is 58.2 Å². The summed E-state index contributed by atoms with van der Waals surface area (Å²) in [4.78, 5) is 133. The van der Waals surface area contributed by atoms with Gasteiger partial charge in [0.15, 0.2) is 28.9 Å². The third-order valence-electron chi connectivity index (χ3n) is 24.7. The number of carbonyl (C=O) groups is 10. The van der Waals surface area contributed by atoms with E-state index in [1.807, 2.05) is 83.1 Å². The molecule has 6 aliphatic rings. The number of aliphatic hydroxyl groups excluding tert-OH is 1. The van der Waals surface area contributed by atoms with Crippen molar-refractivity contribution in [3.8, 4) is 22.3 Å². The Morgan fingerprint density at radius 3 is 1.43 bits per heavy atom. The Hall–Kier alpha value is -7.64. The third-order valence-corrected chi connectivity index (χ3v) is 24.7. The van der Waals surface area contributed by atoms with Crippen LogP contribution in [0.4, 0.5) is 0 Å². The van der Waals surface area contributed by atoms with E-state index in [1.54, 1.807) is 20.8 Å². The maximum Gasteiger partial charge on any atom is 0.461 e. The molecule has 2 bridgehead atoms. The molecule has 17 atom stereocenters. The van der Waals surface area contributed by atoms with Crippen LogP contribution in [0, 0.1) is 40.9 Å². The average molecular weight is 1590 g/mol. The molecule has 4 aromatic rings. The first-order valence-electron chi connectivity index (χ1n) is 42.9. The summed E-state index contributed by atoms with van der Waals surface area (Å²) in [7, 11) is -0.510. The van der Waals surface area contributed by atoms with E-state index in [1.165, 1.54) is 24.5 Å². The van der Waals surface area contributed by atoms with Gasteiger partial charge < -0.3 is 61.9 Å². The number of rotatable bonds is 44. The van der Waals surface area contributed by atoms with Crippen LogP contribution in [0.2, 0.25) is 5.82 Å². The Morgan fingerprint density at radius 1 is 0.557 bits per heavy atom. The van der Waals surface area contributed by atoms with Crippen molar-refractivity contribution in [2.45, 2.75) is 310 Å². The van der Waals surface area contributed by atoms with Crippen LogP contribution in [0.1, 0.15) is 257 Å². The van der Waals surface area contributed by atoms with Crippen LogP contribution in [0.5, 0.6) is 0 Å². The van der Waals surface area contributed by atoms with Gasteiger partial charge in [0.25, 0.3) is 0 Å². The highest BCUT2D eigenvalue weighted by Crippen LogP contribution is 2.66. The highest BCUT2D eigenvalue weighted by molar-refractivity contribution is 6.47. The molecule has 0 aromatic heterocycles. The molecule has 4 aromatic carbocycles. The van der Waals surface area contributed by atoms with Gasteiger partial charge in [0, 0.05) is 55.1 Å². The van der Waals surface area contributed by atoms with Crippen LogP contribution in [-0.2, 0) is 65.2 Å². The van der Waals surface area contributed by atoms with Gasteiger partial charge in [-0.05, 0) is 207 Å². The molecule has 10 N–H and O–H groups in total. The van der Waals surface area contributed by atoms with E-state index in [0.29, 0.717) is 87.5 Å². The molecule has 6 fully saturated rings. The number of aryl methyl sites for hydroxylation is 2. The highest BCUT2D eigenvalue weighted by atomic mass is 16.7. The number of carboxylic acid groups (broad SMARTS) is 1. The van der Waals surface area contributed by atoms with Gasteiger partial charge in [0.2, 0.25) is 23.6 Å². The first kappa shape index (κ1) is 92.9. The van der Waals surface area contributed by atoms with E-state index in [4.69, 9.17) is 19.8 Å². The molecule has 23 heteroatoms. The Kier molecular flexibility index (Phi) is 34.9.